The molecule has 0 atom stereocenters. The fourth-order valence-corrected chi connectivity index (χ4v) is 1.88. The van der Waals surface area contributed by atoms with E-state index in [4.69, 9.17) is 11.1 Å². The van der Waals surface area contributed by atoms with Crippen LogP contribution in [0.3, 0.4) is 0 Å². The maximum atomic E-state index is 13.7. The van der Waals surface area contributed by atoms with Crippen molar-refractivity contribution in [1.29, 1.82) is 5.41 Å². The van der Waals surface area contributed by atoms with Gasteiger partial charge in [0.1, 0.15) is 23.2 Å². The van der Waals surface area contributed by atoms with Crippen molar-refractivity contribution in [3.8, 4) is 0 Å². The van der Waals surface area contributed by atoms with Crippen LogP contribution in [-0.2, 0) is 0 Å². The number of hydrogen-bond donors (Lipinski definition) is 2. The van der Waals surface area contributed by atoms with Crippen LogP contribution in [0.5, 0.6) is 0 Å². The van der Waals surface area contributed by atoms with Crippen LogP contribution in [0, 0.1) is 17.0 Å². The van der Waals surface area contributed by atoms with Crippen LogP contribution in [-0.4, -0.2) is 31.4 Å². The summed E-state index contributed by atoms with van der Waals surface area (Å²) in [5, 5.41) is 7.14. The van der Waals surface area contributed by atoms with Crippen LogP contribution < -0.4 is 10.6 Å². The molecule has 1 aromatic rings. The standard InChI is InChI=1S/C11H15F2N3S/c1-16(3-4-17-2)10-8(12)5-7(11(14)15)6-9(10)13/h5-6H,3-4H2,1-2H3,(H3,14,15). The number of nitrogens with two attached hydrogens (primary N) is 1. The zero-order chi connectivity index (χ0) is 13.0. The molecule has 3 nitrogen and oxygen atoms in total. The van der Waals surface area contributed by atoms with Gasteiger partial charge in [0.25, 0.3) is 0 Å². The van der Waals surface area contributed by atoms with E-state index in [0.717, 1.165) is 17.9 Å². The summed E-state index contributed by atoms with van der Waals surface area (Å²) >= 11 is 1.60. The minimum Gasteiger partial charge on any atom is -0.384 e. The second kappa shape index (κ2) is 5.86. The average molecular weight is 259 g/mol. The van der Waals surface area contributed by atoms with Gasteiger partial charge in [-0.15, -0.1) is 0 Å². The Morgan fingerprint density at radius 1 is 1.41 bits per heavy atom. The minimum absolute atomic E-state index is 0.0574. The highest BCUT2D eigenvalue weighted by atomic mass is 32.2. The summed E-state index contributed by atoms with van der Waals surface area (Å²) in [6.45, 7) is 0.550. The van der Waals surface area contributed by atoms with Crippen molar-refractivity contribution in [3.63, 3.8) is 0 Å². The smallest absolute Gasteiger partial charge is 0.150 e. The molecular weight excluding hydrogens is 244 g/mol. The lowest BCUT2D eigenvalue weighted by Gasteiger charge is -2.20. The molecule has 0 unspecified atom stereocenters. The monoisotopic (exact) mass is 259 g/mol. The minimum atomic E-state index is -0.696. The SMILES string of the molecule is CSCCN(C)c1c(F)cc(C(=N)N)cc1F. The first kappa shape index (κ1) is 13.8. The van der Waals surface area contributed by atoms with Gasteiger partial charge >= 0.3 is 0 Å². The molecule has 0 amide bonds. The fourth-order valence-electron chi connectivity index (χ4n) is 1.43. The number of thioether (sulfide) groups is 1. The molecule has 17 heavy (non-hydrogen) atoms. The maximum Gasteiger partial charge on any atom is 0.150 e. The van der Waals surface area contributed by atoms with Gasteiger partial charge in [-0.25, -0.2) is 8.78 Å². The number of nitrogens with one attached hydrogen (secondary N) is 1. The molecule has 94 valence electrons. The number of anilines is 1. The summed E-state index contributed by atoms with van der Waals surface area (Å²) in [4.78, 5) is 1.52. The Balaban J connectivity index is 3.04. The van der Waals surface area contributed by atoms with Crippen LogP contribution in [0.1, 0.15) is 5.56 Å². The van der Waals surface area contributed by atoms with E-state index < -0.39 is 11.6 Å². The molecule has 0 fully saturated rings. The number of rotatable bonds is 5. The maximum absolute atomic E-state index is 13.7. The van der Waals surface area contributed by atoms with E-state index in [1.807, 2.05) is 6.26 Å². The van der Waals surface area contributed by atoms with Gasteiger partial charge in [-0.3, -0.25) is 5.41 Å². The van der Waals surface area contributed by atoms with Crippen molar-refractivity contribution < 1.29 is 8.78 Å². The van der Waals surface area contributed by atoms with Crippen molar-refractivity contribution in [2.24, 2.45) is 5.73 Å². The zero-order valence-electron chi connectivity index (χ0n) is 9.76. The lowest BCUT2D eigenvalue weighted by molar-refractivity contribution is 0.578. The third-order valence-electron chi connectivity index (χ3n) is 2.34. The number of nitrogens with zero attached hydrogens (tertiary/aromatic N) is 1. The Morgan fingerprint density at radius 2 is 1.94 bits per heavy atom. The molecule has 0 radical (unpaired) electrons. The second-order valence-corrected chi connectivity index (χ2v) is 4.60. The summed E-state index contributed by atoms with van der Waals surface area (Å²) < 4.78 is 27.4. The highest BCUT2D eigenvalue weighted by Gasteiger charge is 2.15. The summed E-state index contributed by atoms with van der Waals surface area (Å²) in [5.41, 5.74) is 5.17. The van der Waals surface area contributed by atoms with E-state index in [1.165, 1.54) is 4.90 Å². The largest absolute Gasteiger partial charge is 0.384 e. The first-order valence-corrected chi connectivity index (χ1v) is 6.40. The molecule has 0 aliphatic carbocycles. The Hall–Kier alpha value is -1.30. The molecule has 0 aliphatic rings. The van der Waals surface area contributed by atoms with Gasteiger partial charge in [0.15, 0.2) is 0 Å². The third-order valence-corrected chi connectivity index (χ3v) is 2.93. The van der Waals surface area contributed by atoms with E-state index in [0.29, 0.717) is 6.54 Å². The molecule has 6 heteroatoms. The fraction of sp³-hybridized carbons (Fsp3) is 0.364. The number of halogens is 2. The van der Waals surface area contributed by atoms with Crippen LogP contribution in [0.4, 0.5) is 14.5 Å². The number of hydrogen-bond acceptors (Lipinski definition) is 3. The third kappa shape index (κ3) is 3.33. The van der Waals surface area contributed by atoms with Crippen LogP contribution in [0.2, 0.25) is 0 Å². The van der Waals surface area contributed by atoms with Gasteiger partial charge in [0, 0.05) is 24.9 Å². The van der Waals surface area contributed by atoms with E-state index in [-0.39, 0.29) is 17.1 Å². The van der Waals surface area contributed by atoms with Gasteiger partial charge < -0.3 is 10.6 Å². The predicted octanol–water partition coefficient (Wildman–Crippen LogP) is 2.05. The summed E-state index contributed by atoms with van der Waals surface area (Å²) in [6.07, 6.45) is 1.93. The van der Waals surface area contributed by atoms with Crippen LogP contribution in [0.15, 0.2) is 12.1 Å². The summed E-state index contributed by atoms with van der Waals surface area (Å²) in [7, 11) is 1.63. The number of nitrogen functional groups attached to an aromatic ring is 1. The second-order valence-electron chi connectivity index (χ2n) is 3.62. The quantitative estimate of drug-likeness (QED) is 0.628. The van der Waals surface area contributed by atoms with Crippen molar-refractivity contribution in [3.05, 3.63) is 29.3 Å². The van der Waals surface area contributed by atoms with Crippen molar-refractivity contribution in [2.75, 3.05) is 30.5 Å². The van der Waals surface area contributed by atoms with Crippen molar-refractivity contribution in [2.45, 2.75) is 0 Å². The van der Waals surface area contributed by atoms with Crippen molar-refractivity contribution in [1.82, 2.24) is 0 Å². The molecule has 0 bridgehead atoms. The lowest BCUT2D eigenvalue weighted by atomic mass is 10.1. The van der Waals surface area contributed by atoms with Gasteiger partial charge in [-0.1, -0.05) is 0 Å². The molecule has 0 saturated carbocycles. The average Bonchev–Trinajstić information content (AvgIpc) is 2.25. The Labute approximate surface area is 103 Å². The van der Waals surface area contributed by atoms with Gasteiger partial charge in [0.05, 0.1) is 0 Å². The van der Waals surface area contributed by atoms with E-state index >= 15 is 0 Å². The van der Waals surface area contributed by atoms with Gasteiger partial charge in [-0.2, -0.15) is 11.8 Å². The highest BCUT2D eigenvalue weighted by Crippen LogP contribution is 2.24. The summed E-state index contributed by atoms with van der Waals surface area (Å²) in [5.74, 6) is -0.956. The van der Waals surface area contributed by atoms with Crippen LogP contribution >= 0.6 is 11.8 Å². The van der Waals surface area contributed by atoms with Crippen molar-refractivity contribution >= 4 is 23.3 Å². The Bertz CT molecular complexity index is 400. The van der Waals surface area contributed by atoms with Crippen LogP contribution in [0.25, 0.3) is 0 Å². The first-order chi connectivity index (χ1) is 7.97. The first-order valence-electron chi connectivity index (χ1n) is 5.01. The predicted molar refractivity (Wildman–Crippen MR) is 69.0 cm³/mol. The van der Waals surface area contributed by atoms with Gasteiger partial charge in [0.2, 0.25) is 0 Å². The zero-order valence-corrected chi connectivity index (χ0v) is 10.6. The molecule has 0 heterocycles. The molecule has 3 N–H and O–H groups in total. The molecule has 0 aliphatic heterocycles. The van der Waals surface area contributed by atoms with Gasteiger partial charge in [-0.05, 0) is 18.4 Å². The Kier molecular flexibility index (Phi) is 4.74. The van der Waals surface area contributed by atoms with E-state index in [2.05, 4.69) is 0 Å². The lowest BCUT2D eigenvalue weighted by Crippen LogP contribution is -2.23. The molecule has 0 spiro atoms. The normalized spacial score (nSPS) is 10.4. The topological polar surface area (TPSA) is 53.1 Å². The number of amidine groups is 1. The van der Waals surface area contributed by atoms with E-state index in [9.17, 15) is 8.78 Å². The summed E-state index contributed by atoms with van der Waals surface area (Å²) in [6, 6.07) is 2.16. The molecule has 1 aromatic carbocycles. The Morgan fingerprint density at radius 3 is 2.35 bits per heavy atom. The molecule has 0 aromatic heterocycles. The molecule has 1 rings (SSSR count). The van der Waals surface area contributed by atoms with E-state index in [1.54, 1.807) is 18.8 Å². The number of benzene rings is 1. The molecular formula is C11H15F2N3S. The molecule has 0 saturated heterocycles. The highest BCUT2D eigenvalue weighted by molar-refractivity contribution is 7.98.